The molecule has 2 aromatic heterocycles. The van der Waals surface area contributed by atoms with Crippen LogP contribution in [0.1, 0.15) is 23.9 Å². The minimum absolute atomic E-state index is 0.536. The summed E-state index contributed by atoms with van der Waals surface area (Å²) in [4.78, 5) is 1.36. The summed E-state index contributed by atoms with van der Waals surface area (Å²) in [6.07, 6.45) is 2.06. The number of thiophene rings is 1. The van der Waals surface area contributed by atoms with Crippen molar-refractivity contribution in [1.29, 1.82) is 0 Å². The van der Waals surface area contributed by atoms with Gasteiger partial charge >= 0.3 is 0 Å². The van der Waals surface area contributed by atoms with Gasteiger partial charge in [0.25, 0.3) is 0 Å². The zero-order valence-corrected chi connectivity index (χ0v) is 12.0. The van der Waals surface area contributed by atoms with Gasteiger partial charge in [-0.1, -0.05) is 17.5 Å². The van der Waals surface area contributed by atoms with Gasteiger partial charge in [0, 0.05) is 29.4 Å². The van der Waals surface area contributed by atoms with E-state index in [2.05, 4.69) is 39.3 Å². The van der Waals surface area contributed by atoms with Gasteiger partial charge in [-0.05, 0) is 17.9 Å². The summed E-state index contributed by atoms with van der Waals surface area (Å²) >= 11 is 3.16. The van der Waals surface area contributed by atoms with Crippen molar-refractivity contribution in [3.63, 3.8) is 0 Å². The zero-order valence-electron chi connectivity index (χ0n) is 10.4. The molecule has 98 valence electrons. The fourth-order valence-electron chi connectivity index (χ4n) is 1.47. The van der Waals surface area contributed by atoms with Crippen LogP contribution in [0.5, 0.6) is 0 Å². The topological polar surface area (TPSA) is 47.0 Å². The van der Waals surface area contributed by atoms with E-state index >= 15 is 0 Å². The van der Waals surface area contributed by atoms with E-state index < -0.39 is 0 Å². The summed E-state index contributed by atoms with van der Waals surface area (Å²) in [7, 11) is 0. The molecule has 0 saturated carbocycles. The van der Waals surface area contributed by atoms with Crippen LogP contribution in [0.15, 0.2) is 17.5 Å². The lowest BCUT2D eigenvalue weighted by Gasteiger charge is -2.04. The first-order valence-electron chi connectivity index (χ1n) is 6.05. The standard InChI is InChI=1S/C12H17N3OS2/c1-2-6-13-12-11(14-15-18-12)9-16-7-5-10-4-3-8-17-10/h3-4,8,13H,2,5-7,9H2,1H3. The van der Waals surface area contributed by atoms with Gasteiger partial charge in [-0.2, -0.15) is 0 Å². The van der Waals surface area contributed by atoms with Crippen molar-refractivity contribution < 1.29 is 4.74 Å². The van der Waals surface area contributed by atoms with Gasteiger partial charge in [-0.15, -0.1) is 16.4 Å². The molecule has 0 unspecified atom stereocenters. The van der Waals surface area contributed by atoms with Crippen LogP contribution < -0.4 is 5.32 Å². The summed E-state index contributed by atoms with van der Waals surface area (Å²) in [5.41, 5.74) is 0.916. The first kappa shape index (κ1) is 13.5. The van der Waals surface area contributed by atoms with Crippen molar-refractivity contribution in [1.82, 2.24) is 9.59 Å². The van der Waals surface area contributed by atoms with Gasteiger partial charge in [-0.25, -0.2) is 0 Å². The smallest absolute Gasteiger partial charge is 0.135 e. The van der Waals surface area contributed by atoms with E-state index in [0.29, 0.717) is 6.61 Å². The molecule has 0 saturated heterocycles. The Bertz CT molecular complexity index is 442. The van der Waals surface area contributed by atoms with Gasteiger partial charge in [0.2, 0.25) is 0 Å². The van der Waals surface area contributed by atoms with Crippen molar-refractivity contribution >= 4 is 27.9 Å². The maximum absolute atomic E-state index is 5.64. The molecule has 18 heavy (non-hydrogen) atoms. The molecular formula is C12H17N3OS2. The highest BCUT2D eigenvalue weighted by Gasteiger charge is 2.07. The Balaban J connectivity index is 1.71. The van der Waals surface area contributed by atoms with E-state index in [0.717, 1.165) is 36.7 Å². The summed E-state index contributed by atoms with van der Waals surface area (Å²) in [5.74, 6) is 0. The zero-order chi connectivity index (χ0) is 12.6. The fraction of sp³-hybridized carbons (Fsp3) is 0.500. The highest BCUT2D eigenvalue weighted by molar-refractivity contribution is 7.10. The lowest BCUT2D eigenvalue weighted by atomic mass is 10.4. The van der Waals surface area contributed by atoms with E-state index in [1.807, 2.05) is 0 Å². The third-order valence-corrected chi connectivity index (χ3v) is 4.06. The Labute approximate surface area is 115 Å². The van der Waals surface area contributed by atoms with Gasteiger partial charge < -0.3 is 10.1 Å². The van der Waals surface area contributed by atoms with Crippen molar-refractivity contribution in [2.24, 2.45) is 0 Å². The largest absolute Gasteiger partial charge is 0.375 e. The van der Waals surface area contributed by atoms with Crippen molar-refractivity contribution in [2.75, 3.05) is 18.5 Å². The van der Waals surface area contributed by atoms with Crippen LogP contribution in [0, 0.1) is 0 Å². The van der Waals surface area contributed by atoms with Gasteiger partial charge in [0.1, 0.15) is 10.7 Å². The average molecular weight is 283 g/mol. The lowest BCUT2D eigenvalue weighted by Crippen LogP contribution is -2.03. The number of hydrogen-bond donors (Lipinski definition) is 1. The van der Waals surface area contributed by atoms with Gasteiger partial charge in [0.15, 0.2) is 0 Å². The predicted octanol–water partition coefficient (Wildman–Crippen LogP) is 3.18. The second-order valence-electron chi connectivity index (χ2n) is 3.86. The molecular weight excluding hydrogens is 266 g/mol. The molecule has 0 atom stereocenters. The minimum atomic E-state index is 0.536. The molecule has 0 bridgehead atoms. The van der Waals surface area contributed by atoms with Crippen LogP contribution in [0.4, 0.5) is 5.00 Å². The van der Waals surface area contributed by atoms with E-state index in [1.54, 1.807) is 11.3 Å². The van der Waals surface area contributed by atoms with E-state index in [-0.39, 0.29) is 0 Å². The summed E-state index contributed by atoms with van der Waals surface area (Å²) in [6, 6.07) is 4.20. The van der Waals surface area contributed by atoms with Crippen LogP contribution in [-0.2, 0) is 17.8 Å². The molecule has 0 amide bonds. The highest BCUT2D eigenvalue weighted by Crippen LogP contribution is 2.18. The Kier molecular flexibility index (Phi) is 5.57. The summed E-state index contributed by atoms with van der Waals surface area (Å²) in [5, 5.41) is 10.5. The van der Waals surface area contributed by atoms with Crippen molar-refractivity contribution in [3.8, 4) is 0 Å². The Morgan fingerprint density at radius 3 is 3.17 bits per heavy atom. The molecule has 2 rings (SSSR count). The molecule has 0 aliphatic heterocycles. The third-order valence-electron chi connectivity index (χ3n) is 2.40. The van der Waals surface area contributed by atoms with Crippen LogP contribution in [0.25, 0.3) is 0 Å². The molecule has 2 aromatic rings. The number of anilines is 1. The normalized spacial score (nSPS) is 10.7. The quantitative estimate of drug-likeness (QED) is 0.756. The van der Waals surface area contributed by atoms with E-state index in [4.69, 9.17) is 4.74 Å². The molecule has 0 spiro atoms. The second kappa shape index (κ2) is 7.45. The number of nitrogens with zero attached hydrogens (tertiary/aromatic N) is 2. The predicted molar refractivity (Wildman–Crippen MR) is 76.4 cm³/mol. The van der Waals surface area contributed by atoms with Crippen molar-refractivity contribution in [2.45, 2.75) is 26.4 Å². The minimum Gasteiger partial charge on any atom is -0.375 e. The molecule has 1 N–H and O–H groups in total. The van der Waals surface area contributed by atoms with Gasteiger partial charge in [0.05, 0.1) is 13.2 Å². The first-order chi connectivity index (χ1) is 8.90. The Morgan fingerprint density at radius 2 is 2.39 bits per heavy atom. The van der Waals surface area contributed by atoms with Crippen LogP contribution in [-0.4, -0.2) is 22.7 Å². The number of rotatable bonds is 8. The summed E-state index contributed by atoms with van der Waals surface area (Å²) < 4.78 is 9.60. The average Bonchev–Trinajstić information content (AvgIpc) is 3.03. The van der Waals surface area contributed by atoms with E-state index in [9.17, 15) is 0 Å². The highest BCUT2D eigenvalue weighted by atomic mass is 32.1. The Hall–Kier alpha value is -0.980. The lowest BCUT2D eigenvalue weighted by molar-refractivity contribution is 0.122. The number of hydrogen-bond acceptors (Lipinski definition) is 6. The number of aromatic nitrogens is 2. The van der Waals surface area contributed by atoms with Crippen LogP contribution in [0.3, 0.4) is 0 Å². The van der Waals surface area contributed by atoms with Crippen LogP contribution >= 0.6 is 22.9 Å². The molecule has 0 radical (unpaired) electrons. The number of ether oxygens (including phenoxy) is 1. The number of nitrogens with one attached hydrogen (secondary N) is 1. The van der Waals surface area contributed by atoms with Gasteiger partial charge in [-0.3, -0.25) is 0 Å². The molecule has 0 fully saturated rings. The summed E-state index contributed by atoms with van der Waals surface area (Å²) in [6.45, 7) is 4.35. The fourth-order valence-corrected chi connectivity index (χ4v) is 2.76. The van der Waals surface area contributed by atoms with E-state index in [1.165, 1.54) is 16.4 Å². The first-order valence-corrected chi connectivity index (χ1v) is 7.70. The van der Waals surface area contributed by atoms with Crippen LogP contribution in [0.2, 0.25) is 0 Å². The molecule has 4 nitrogen and oxygen atoms in total. The van der Waals surface area contributed by atoms with Crippen molar-refractivity contribution in [3.05, 3.63) is 28.1 Å². The Morgan fingerprint density at radius 1 is 1.44 bits per heavy atom. The monoisotopic (exact) mass is 283 g/mol. The molecule has 6 heteroatoms. The third kappa shape index (κ3) is 4.04. The molecule has 0 aromatic carbocycles. The SMILES string of the molecule is CCCNc1snnc1COCCc1cccs1. The molecule has 2 heterocycles. The molecule has 0 aliphatic rings. The second-order valence-corrected chi connectivity index (χ2v) is 5.64. The molecule has 0 aliphatic carbocycles. The maximum atomic E-state index is 5.64. The maximum Gasteiger partial charge on any atom is 0.135 e.